The Labute approximate surface area is 110 Å². The average Bonchev–Trinajstić information content (AvgIpc) is 2.78. The number of hydrogen-bond acceptors (Lipinski definition) is 3. The summed E-state index contributed by atoms with van der Waals surface area (Å²) >= 11 is 0. The average molecular weight is 248 g/mol. The molecule has 18 heavy (non-hydrogen) atoms. The summed E-state index contributed by atoms with van der Waals surface area (Å²) in [5.41, 5.74) is 2.38. The van der Waals surface area contributed by atoms with Gasteiger partial charge in [0.1, 0.15) is 5.75 Å². The van der Waals surface area contributed by atoms with Gasteiger partial charge < -0.3 is 10.1 Å². The number of benzene rings is 1. The number of ether oxygens (including phenoxy) is 1. The van der Waals surface area contributed by atoms with Gasteiger partial charge in [-0.1, -0.05) is 6.07 Å². The molecule has 1 aromatic carbocycles. The van der Waals surface area contributed by atoms with Gasteiger partial charge in [-0.25, -0.2) is 0 Å². The van der Waals surface area contributed by atoms with E-state index >= 15 is 0 Å². The zero-order valence-corrected chi connectivity index (χ0v) is 11.9. The Hall–Kier alpha value is -1.22. The molecule has 0 amide bonds. The Bertz CT molecular complexity index is 403. The molecule has 2 rings (SSSR count). The normalized spacial score (nSPS) is 20.4. The number of methoxy groups -OCH3 is 1. The van der Waals surface area contributed by atoms with Crippen LogP contribution in [0.2, 0.25) is 0 Å². The topological polar surface area (TPSA) is 24.5 Å². The number of rotatable bonds is 4. The molecule has 1 fully saturated rings. The predicted octanol–water partition coefficient (Wildman–Crippen LogP) is 2.90. The van der Waals surface area contributed by atoms with Gasteiger partial charge in [0.05, 0.1) is 12.8 Å². The Morgan fingerprint density at radius 3 is 2.78 bits per heavy atom. The molecule has 1 saturated heterocycles. The second-order valence-corrected chi connectivity index (χ2v) is 5.42. The van der Waals surface area contributed by atoms with Crippen LogP contribution in [0.25, 0.3) is 0 Å². The van der Waals surface area contributed by atoms with Crippen LogP contribution in [-0.2, 0) is 0 Å². The molecule has 1 N–H and O–H groups in total. The maximum absolute atomic E-state index is 5.41. The quantitative estimate of drug-likeness (QED) is 0.886. The van der Waals surface area contributed by atoms with Gasteiger partial charge in [0.25, 0.3) is 0 Å². The molecule has 0 radical (unpaired) electrons. The fraction of sp³-hybridized carbons (Fsp3) is 0.600. The maximum atomic E-state index is 5.41. The highest BCUT2D eigenvalue weighted by Crippen LogP contribution is 2.27. The smallest absolute Gasteiger partial charge is 0.141 e. The Morgan fingerprint density at radius 1 is 1.39 bits per heavy atom. The highest BCUT2D eigenvalue weighted by atomic mass is 16.5. The van der Waals surface area contributed by atoms with Crippen molar-refractivity contribution in [2.45, 2.75) is 39.3 Å². The SMILES string of the molecule is COc1ccc(C)cc1NC1CCN(C(C)C)C1. The number of nitrogens with one attached hydrogen (secondary N) is 1. The summed E-state index contributed by atoms with van der Waals surface area (Å²) in [7, 11) is 1.73. The van der Waals surface area contributed by atoms with Crippen LogP contribution in [0.1, 0.15) is 25.8 Å². The molecule has 0 aromatic heterocycles. The Balaban J connectivity index is 2.04. The first-order valence-electron chi connectivity index (χ1n) is 6.75. The van der Waals surface area contributed by atoms with Gasteiger partial charge in [-0.05, 0) is 44.9 Å². The van der Waals surface area contributed by atoms with Crippen molar-refractivity contribution < 1.29 is 4.74 Å². The van der Waals surface area contributed by atoms with Gasteiger partial charge in [-0.15, -0.1) is 0 Å². The first kappa shape index (κ1) is 13.2. The second-order valence-electron chi connectivity index (χ2n) is 5.42. The fourth-order valence-corrected chi connectivity index (χ4v) is 2.53. The minimum Gasteiger partial charge on any atom is -0.495 e. The molecule has 3 nitrogen and oxygen atoms in total. The molecule has 3 heteroatoms. The van der Waals surface area contributed by atoms with Crippen LogP contribution in [0.3, 0.4) is 0 Å². The molecule has 0 saturated carbocycles. The lowest BCUT2D eigenvalue weighted by Crippen LogP contribution is -2.31. The van der Waals surface area contributed by atoms with Crippen molar-refractivity contribution in [2.75, 3.05) is 25.5 Å². The summed E-state index contributed by atoms with van der Waals surface area (Å²) in [6.07, 6.45) is 1.20. The molecule has 1 aliphatic heterocycles. The van der Waals surface area contributed by atoms with E-state index in [1.807, 2.05) is 6.07 Å². The lowest BCUT2D eigenvalue weighted by Gasteiger charge is -2.21. The highest BCUT2D eigenvalue weighted by Gasteiger charge is 2.24. The van der Waals surface area contributed by atoms with E-state index in [9.17, 15) is 0 Å². The van der Waals surface area contributed by atoms with Crippen molar-refractivity contribution >= 4 is 5.69 Å². The van der Waals surface area contributed by atoms with Crippen molar-refractivity contribution in [2.24, 2.45) is 0 Å². The summed E-state index contributed by atoms with van der Waals surface area (Å²) in [6, 6.07) is 7.45. The van der Waals surface area contributed by atoms with Crippen molar-refractivity contribution in [3.8, 4) is 5.75 Å². The molecule has 1 atom stereocenters. The summed E-state index contributed by atoms with van der Waals surface area (Å²) in [4.78, 5) is 2.51. The third-order valence-corrected chi connectivity index (χ3v) is 3.66. The summed E-state index contributed by atoms with van der Waals surface area (Å²) in [5.74, 6) is 0.934. The summed E-state index contributed by atoms with van der Waals surface area (Å²) in [6.45, 7) is 8.93. The number of anilines is 1. The zero-order chi connectivity index (χ0) is 13.1. The van der Waals surface area contributed by atoms with E-state index in [0.717, 1.165) is 18.0 Å². The third kappa shape index (κ3) is 2.96. The first-order valence-corrected chi connectivity index (χ1v) is 6.75. The Kier molecular flexibility index (Phi) is 4.12. The van der Waals surface area contributed by atoms with E-state index in [4.69, 9.17) is 4.74 Å². The lowest BCUT2D eigenvalue weighted by atomic mass is 10.1. The van der Waals surface area contributed by atoms with Crippen LogP contribution in [0, 0.1) is 6.92 Å². The van der Waals surface area contributed by atoms with E-state index < -0.39 is 0 Å². The maximum Gasteiger partial charge on any atom is 0.141 e. The predicted molar refractivity (Wildman–Crippen MR) is 76.5 cm³/mol. The van der Waals surface area contributed by atoms with Crippen molar-refractivity contribution in [1.82, 2.24) is 4.90 Å². The minimum atomic E-state index is 0.531. The lowest BCUT2D eigenvalue weighted by molar-refractivity contribution is 0.274. The zero-order valence-electron chi connectivity index (χ0n) is 11.9. The van der Waals surface area contributed by atoms with E-state index in [2.05, 4.69) is 43.1 Å². The van der Waals surface area contributed by atoms with Crippen molar-refractivity contribution in [3.63, 3.8) is 0 Å². The van der Waals surface area contributed by atoms with E-state index in [-0.39, 0.29) is 0 Å². The van der Waals surface area contributed by atoms with Gasteiger partial charge in [0.15, 0.2) is 0 Å². The van der Waals surface area contributed by atoms with Crippen LogP contribution >= 0.6 is 0 Å². The fourth-order valence-electron chi connectivity index (χ4n) is 2.53. The van der Waals surface area contributed by atoms with E-state index in [1.54, 1.807) is 7.11 Å². The molecule has 100 valence electrons. The largest absolute Gasteiger partial charge is 0.495 e. The van der Waals surface area contributed by atoms with Crippen LogP contribution < -0.4 is 10.1 Å². The summed E-state index contributed by atoms with van der Waals surface area (Å²) in [5, 5.41) is 3.62. The van der Waals surface area contributed by atoms with Crippen LogP contribution in [0.5, 0.6) is 5.75 Å². The first-order chi connectivity index (χ1) is 8.60. The molecular weight excluding hydrogens is 224 g/mol. The molecule has 0 bridgehead atoms. The molecule has 1 heterocycles. The van der Waals surface area contributed by atoms with Gasteiger partial charge >= 0.3 is 0 Å². The van der Waals surface area contributed by atoms with Crippen LogP contribution in [-0.4, -0.2) is 37.2 Å². The van der Waals surface area contributed by atoms with Crippen LogP contribution in [0.4, 0.5) is 5.69 Å². The molecule has 0 spiro atoms. The molecule has 1 aliphatic rings. The minimum absolute atomic E-state index is 0.531. The standard InChI is InChI=1S/C15H24N2O/c1-11(2)17-8-7-13(10-17)16-14-9-12(3)5-6-15(14)18-4/h5-6,9,11,13,16H,7-8,10H2,1-4H3. The highest BCUT2D eigenvalue weighted by molar-refractivity contribution is 5.58. The van der Waals surface area contributed by atoms with Gasteiger partial charge in [-0.3, -0.25) is 4.90 Å². The van der Waals surface area contributed by atoms with Gasteiger partial charge in [-0.2, -0.15) is 0 Å². The number of aryl methyl sites for hydroxylation is 1. The molecular formula is C15H24N2O. The number of nitrogens with zero attached hydrogens (tertiary/aromatic N) is 1. The monoisotopic (exact) mass is 248 g/mol. The summed E-state index contributed by atoms with van der Waals surface area (Å²) < 4.78 is 5.41. The van der Waals surface area contributed by atoms with Gasteiger partial charge in [0.2, 0.25) is 0 Å². The van der Waals surface area contributed by atoms with Crippen molar-refractivity contribution in [3.05, 3.63) is 23.8 Å². The number of hydrogen-bond donors (Lipinski definition) is 1. The van der Waals surface area contributed by atoms with E-state index in [0.29, 0.717) is 12.1 Å². The number of likely N-dealkylation sites (tertiary alicyclic amines) is 1. The molecule has 0 aliphatic carbocycles. The molecule has 1 aromatic rings. The third-order valence-electron chi connectivity index (χ3n) is 3.66. The van der Waals surface area contributed by atoms with Crippen LogP contribution in [0.15, 0.2) is 18.2 Å². The van der Waals surface area contributed by atoms with Crippen molar-refractivity contribution in [1.29, 1.82) is 0 Å². The van der Waals surface area contributed by atoms with Gasteiger partial charge in [0, 0.05) is 25.2 Å². The second kappa shape index (κ2) is 5.61. The Morgan fingerprint density at radius 2 is 2.17 bits per heavy atom. The molecule has 1 unspecified atom stereocenters. The van der Waals surface area contributed by atoms with E-state index in [1.165, 1.54) is 18.5 Å².